The first kappa shape index (κ1) is 20.9. The van der Waals surface area contributed by atoms with Crippen molar-refractivity contribution in [2.45, 2.75) is 31.7 Å². The number of nitrogens with zero attached hydrogens (tertiary/aromatic N) is 2. The molecule has 2 aromatic carbocycles. The third kappa shape index (κ3) is 4.24. The number of nitrogens with one attached hydrogen (secondary N) is 1. The van der Waals surface area contributed by atoms with Crippen molar-refractivity contribution in [1.29, 1.82) is 0 Å². The Morgan fingerprint density at radius 2 is 1.90 bits per heavy atom. The van der Waals surface area contributed by atoms with Gasteiger partial charge in [0.1, 0.15) is 5.82 Å². The van der Waals surface area contributed by atoms with Crippen molar-refractivity contribution in [3.8, 4) is 0 Å². The highest BCUT2D eigenvalue weighted by molar-refractivity contribution is 6.35. The summed E-state index contributed by atoms with van der Waals surface area (Å²) in [6.45, 7) is 3.73. The van der Waals surface area contributed by atoms with E-state index in [4.69, 9.17) is 27.9 Å². The number of carbonyl (C=O) groups excluding carboxylic acids is 1. The number of imidazole rings is 1. The molecule has 1 aromatic heterocycles. The van der Waals surface area contributed by atoms with Crippen LogP contribution in [0, 0.1) is 6.92 Å². The monoisotopic (exact) mass is 443 g/mol. The number of carbonyl (C=O) groups is 1. The first-order valence-electron chi connectivity index (χ1n) is 9.89. The molecule has 1 N–H and O–H groups in total. The van der Waals surface area contributed by atoms with Gasteiger partial charge in [-0.25, -0.2) is 4.98 Å². The Labute approximate surface area is 186 Å². The molecule has 3 aromatic rings. The summed E-state index contributed by atoms with van der Waals surface area (Å²) >= 11 is 12.6. The Balaban J connectivity index is 1.55. The molecule has 0 unspecified atom stereocenters. The van der Waals surface area contributed by atoms with Crippen LogP contribution in [0.15, 0.2) is 54.9 Å². The van der Waals surface area contributed by atoms with Crippen LogP contribution < -0.4 is 5.32 Å². The van der Waals surface area contributed by atoms with Gasteiger partial charge in [0.25, 0.3) is 0 Å². The van der Waals surface area contributed by atoms with Gasteiger partial charge in [0.15, 0.2) is 0 Å². The van der Waals surface area contributed by atoms with Crippen molar-refractivity contribution in [2.24, 2.45) is 0 Å². The highest BCUT2D eigenvalue weighted by atomic mass is 35.5. The van der Waals surface area contributed by atoms with Crippen molar-refractivity contribution < 1.29 is 9.53 Å². The normalized spacial score (nSPS) is 15.7. The fraction of sp³-hybridized carbons (Fsp3) is 0.304. The average Bonchev–Trinajstić information content (AvgIpc) is 3.14. The van der Waals surface area contributed by atoms with Gasteiger partial charge in [0.05, 0.1) is 5.41 Å². The number of aryl methyl sites for hydroxylation is 1. The SMILES string of the molecule is Cc1nccn1Cc1ccc(NC(=O)C2(c3ccc(Cl)cc3Cl)CCOCC2)cc1. The van der Waals surface area contributed by atoms with Gasteiger partial charge in [-0.15, -0.1) is 0 Å². The summed E-state index contributed by atoms with van der Waals surface area (Å²) in [6, 6.07) is 13.2. The maximum absolute atomic E-state index is 13.4. The second-order valence-corrected chi connectivity index (χ2v) is 8.42. The Hall–Kier alpha value is -2.34. The van der Waals surface area contributed by atoms with E-state index in [1.165, 1.54) is 0 Å². The fourth-order valence-electron chi connectivity index (χ4n) is 3.93. The minimum Gasteiger partial charge on any atom is -0.381 e. The molecule has 0 radical (unpaired) electrons. The van der Waals surface area contributed by atoms with E-state index in [-0.39, 0.29) is 5.91 Å². The molecule has 7 heteroatoms. The molecular formula is C23H23Cl2N3O2. The molecule has 1 saturated heterocycles. The van der Waals surface area contributed by atoms with E-state index >= 15 is 0 Å². The van der Waals surface area contributed by atoms with Gasteiger partial charge in [0, 0.05) is 47.9 Å². The topological polar surface area (TPSA) is 56.2 Å². The quantitative estimate of drug-likeness (QED) is 0.586. The Morgan fingerprint density at radius 1 is 1.17 bits per heavy atom. The molecule has 30 heavy (non-hydrogen) atoms. The molecule has 1 fully saturated rings. The maximum Gasteiger partial charge on any atom is 0.235 e. The molecule has 156 valence electrons. The number of rotatable bonds is 5. The van der Waals surface area contributed by atoms with Crippen LogP contribution in [-0.2, 0) is 21.5 Å². The number of aromatic nitrogens is 2. The summed E-state index contributed by atoms with van der Waals surface area (Å²) in [5.41, 5.74) is 1.94. The van der Waals surface area contributed by atoms with Crippen LogP contribution in [0.4, 0.5) is 5.69 Å². The van der Waals surface area contributed by atoms with Crippen molar-refractivity contribution in [1.82, 2.24) is 9.55 Å². The average molecular weight is 444 g/mol. The highest BCUT2D eigenvalue weighted by Gasteiger charge is 2.43. The van der Waals surface area contributed by atoms with E-state index in [0.717, 1.165) is 29.2 Å². The number of ether oxygens (including phenoxy) is 1. The molecule has 1 aliphatic rings. The Morgan fingerprint density at radius 3 is 2.53 bits per heavy atom. The van der Waals surface area contributed by atoms with E-state index < -0.39 is 5.41 Å². The Kier molecular flexibility index (Phi) is 6.14. The van der Waals surface area contributed by atoms with Gasteiger partial charge >= 0.3 is 0 Å². The van der Waals surface area contributed by atoms with Crippen LogP contribution in [0.5, 0.6) is 0 Å². The van der Waals surface area contributed by atoms with E-state index in [1.807, 2.05) is 43.5 Å². The molecule has 0 bridgehead atoms. The van der Waals surface area contributed by atoms with Crippen molar-refractivity contribution >= 4 is 34.8 Å². The smallest absolute Gasteiger partial charge is 0.235 e. The van der Waals surface area contributed by atoms with Crippen LogP contribution in [0.3, 0.4) is 0 Å². The molecule has 0 aliphatic carbocycles. The van der Waals surface area contributed by atoms with E-state index in [0.29, 0.717) is 36.1 Å². The zero-order chi connectivity index (χ0) is 21.1. The zero-order valence-corrected chi connectivity index (χ0v) is 18.2. The van der Waals surface area contributed by atoms with Gasteiger partial charge in [-0.05, 0) is 55.2 Å². The number of hydrogen-bond donors (Lipinski definition) is 1. The standard InChI is InChI=1S/C23H23Cl2N3O2/c1-16-26-10-11-28(16)15-17-2-5-19(6-3-17)27-22(29)23(8-12-30-13-9-23)20-7-4-18(24)14-21(20)25/h2-7,10-11,14H,8-9,12-13,15H2,1H3,(H,27,29). The lowest BCUT2D eigenvalue weighted by atomic mass is 9.73. The number of anilines is 1. The predicted octanol–water partition coefficient (Wildman–Crippen LogP) is 5.23. The lowest BCUT2D eigenvalue weighted by Gasteiger charge is -2.36. The lowest BCUT2D eigenvalue weighted by molar-refractivity contribution is -0.125. The van der Waals surface area contributed by atoms with Gasteiger partial charge in [-0.2, -0.15) is 0 Å². The minimum absolute atomic E-state index is 0.0757. The van der Waals surface area contributed by atoms with Crippen LogP contribution in [0.25, 0.3) is 0 Å². The Bertz CT molecular complexity index is 1040. The van der Waals surface area contributed by atoms with E-state index in [1.54, 1.807) is 18.3 Å². The zero-order valence-electron chi connectivity index (χ0n) is 16.7. The van der Waals surface area contributed by atoms with Crippen LogP contribution in [0.2, 0.25) is 10.0 Å². The molecule has 0 spiro atoms. The summed E-state index contributed by atoms with van der Waals surface area (Å²) in [5.74, 6) is 0.891. The molecule has 4 rings (SSSR count). The largest absolute Gasteiger partial charge is 0.381 e. The summed E-state index contributed by atoms with van der Waals surface area (Å²) < 4.78 is 7.61. The van der Waals surface area contributed by atoms with Crippen LogP contribution in [0.1, 0.15) is 29.8 Å². The predicted molar refractivity (Wildman–Crippen MR) is 119 cm³/mol. The highest BCUT2D eigenvalue weighted by Crippen LogP contribution is 2.40. The molecule has 5 nitrogen and oxygen atoms in total. The number of halogens is 2. The first-order valence-corrected chi connectivity index (χ1v) is 10.6. The molecule has 1 amide bonds. The van der Waals surface area contributed by atoms with Gasteiger partial charge in [-0.1, -0.05) is 41.4 Å². The third-order valence-corrected chi connectivity index (χ3v) is 6.26. The van der Waals surface area contributed by atoms with Crippen molar-refractivity contribution in [3.63, 3.8) is 0 Å². The second-order valence-electron chi connectivity index (χ2n) is 7.57. The minimum atomic E-state index is -0.744. The van der Waals surface area contributed by atoms with E-state index in [9.17, 15) is 4.79 Å². The second kappa shape index (κ2) is 8.80. The summed E-state index contributed by atoms with van der Waals surface area (Å²) in [6.07, 6.45) is 4.88. The number of amides is 1. The van der Waals surface area contributed by atoms with Crippen molar-refractivity contribution in [3.05, 3.63) is 81.9 Å². The van der Waals surface area contributed by atoms with E-state index in [2.05, 4.69) is 14.9 Å². The van der Waals surface area contributed by atoms with Crippen molar-refractivity contribution in [2.75, 3.05) is 18.5 Å². The molecule has 0 atom stereocenters. The summed E-state index contributed by atoms with van der Waals surface area (Å²) in [4.78, 5) is 17.7. The van der Waals surface area contributed by atoms with Gasteiger partial charge in [-0.3, -0.25) is 4.79 Å². The number of hydrogen-bond acceptors (Lipinski definition) is 3. The molecule has 0 saturated carbocycles. The molecule has 1 aliphatic heterocycles. The maximum atomic E-state index is 13.4. The fourth-order valence-corrected chi connectivity index (χ4v) is 4.52. The molecule has 2 heterocycles. The van der Waals surface area contributed by atoms with Gasteiger partial charge in [0.2, 0.25) is 5.91 Å². The van der Waals surface area contributed by atoms with Crippen LogP contribution in [-0.4, -0.2) is 28.7 Å². The van der Waals surface area contributed by atoms with Gasteiger partial charge < -0.3 is 14.6 Å². The summed E-state index contributed by atoms with van der Waals surface area (Å²) in [5, 5.41) is 4.14. The third-order valence-electron chi connectivity index (χ3n) is 5.72. The summed E-state index contributed by atoms with van der Waals surface area (Å²) in [7, 11) is 0. The first-order chi connectivity index (χ1) is 14.5. The lowest BCUT2D eigenvalue weighted by Crippen LogP contribution is -2.45. The van der Waals surface area contributed by atoms with Crippen LogP contribution >= 0.6 is 23.2 Å². The molecular weight excluding hydrogens is 421 g/mol. The number of benzene rings is 2.